The van der Waals surface area contributed by atoms with Crippen molar-refractivity contribution in [3.8, 4) is 0 Å². The highest BCUT2D eigenvalue weighted by Gasteiger charge is 2.35. The van der Waals surface area contributed by atoms with Gasteiger partial charge in [-0.1, -0.05) is 26.2 Å². The molecule has 1 N–H and O–H groups in total. The Bertz CT molecular complexity index is 332. The van der Waals surface area contributed by atoms with Crippen molar-refractivity contribution in [2.45, 2.75) is 64.3 Å². The third kappa shape index (κ3) is 4.22. The first kappa shape index (κ1) is 14.4. The second kappa shape index (κ2) is 6.40. The largest absolute Gasteiger partial charge is 0.481 e. The number of rotatable bonds is 6. The van der Waals surface area contributed by atoms with Gasteiger partial charge in [-0.05, 0) is 31.6 Å². The molecule has 0 aromatic heterocycles. The van der Waals surface area contributed by atoms with Crippen molar-refractivity contribution in [3.63, 3.8) is 0 Å². The summed E-state index contributed by atoms with van der Waals surface area (Å²) in [4.78, 5) is 25.2. The van der Waals surface area contributed by atoms with E-state index in [1.54, 1.807) is 6.92 Å². The van der Waals surface area contributed by atoms with Crippen molar-refractivity contribution >= 4 is 11.9 Å². The molecule has 2 rings (SSSR count). The molecule has 2 saturated carbocycles. The lowest BCUT2D eigenvalue weighted by Gasteiger charge is -2.28. The maximum absolute atomic E-state index is 12.4. The Morgan fingerprint density at radius 2 is 1.79 bits per heavy atom. The van der Waals surface area contributed by atoms with Gasteiger partial charge in [0.2, 0.25) is 5.91 Å². The molecule has 108 valence electrons. The number of hydrogen-bond donors (Lipinski definition) is 1. The van der Waals surface area contributed by atoms with Crippen LogP contribution in [0.2, 0.25) is 0 Å². The summed E-state index contributed by atoms with van der Waals surface area (Å²) in [5, 5.41) is 9.00. The zero-order valence-electron chi connectivity index (χ0n) is 11.8. The molecule has 1 amide bonds. The Morgan fingerprint density at radius 3 is 2.32 bits per heavy atom. The molecule has 0 heterocycles. The van der Waals surface area contributed by atoms with E-state index < -0.39 is 11.9 Å². The quantitative estimate of drug-likeness (QED) is 0.805. The highest BCUT2D eigenvalue weighted by Crippen LogP contribution is 2.31. The fraction of sp³-hybridized carbons (Fsp3) is 0.867. The Morgan fingerprint density at radius 1 is 1.16 bits per heavy atom. The molecule has 4 heteroatoms. The number of carbonyl (C=O) groups excluding carboxylic acids is 1. The van der Waals surface area contributed by atoms with Crippen molar-refractivity contribution in [1.82, 2.24) is 4.90 Å². The third-order valence-electron chi connectivity index (χ3n) is 4.39. The van der Waals surface area contributed by atoms with Crippen LogP contribution in [0.25, 0.3) is 0 Å². The van der Waals surface area contributed by atoms with Crippen LogP contribution in [-0.4, -0.2) is 34.5 Å². The lowest BCUT2D eigenvalue weighted by molar-refractivity contribution is -0.143. The van der Waals surface area contributed by atoms with Crippen LogP contribution in [-0.2, 0) is 9.59 Å². The summed E-state index contributed by atoms with van der Waals surface area (Å²) in [6.45, 7) is 2.07. The van der Waals surface area contributed by atoms with Gasteiger partial charge in [-0.2, -0.15) is 0 Å². The van der Waals surface area contributed by atoms with Gasteiger partial charge in [0, 0.05) is 19.0 Å². The van der Waals surface area contributed by atoms with Gasteiger partial charge in [0.1, 0.15) is 0 Å². The van der Waals surface area contributed by atoms with E-state index in [9.17, 15) is 9.59 Å². The van der Waals surface area contributed by atoms with Gasteiger partial charge >= 0.3 is 5.97 Å². The SMILES string of the molecule is CC(CN(C(=O)CC1CCCCC1)C1CC1)C(=O)O. The smallest absolute Gasteiger partial charge is 0.308 e. The van der Waals surface area contributed by atoms with E-state index in [1.807, 2.05) is 4.90 Å². The summed E-state index contributed by atoms with van der Waals surface area (Å²) in [6, 6.07) is 0.317. The number of nitrogens with zero attached hydrogens (tertiary/aromatic N) is 1. The summed E-state index contributed by atoms with van der Waals surface area (Å²) < 4.78 is 0. The Balaban J connectivity index is 1.86. The maximum Gasteiger partial charge on any atom is 0.308 e. The van der Waals surface area contributed by atoms with Crippen LogP contribution in [0.5, 0.6) is 0 Å². The van der Waals surface area contributed by atoms with Crippen molar-refractivity contribution in [2.75, 3.05) is 6.54 Å². The molecule has 1 unspecified atom stereocenters. The van der Waals surface area contributed by atoms with Gasteiger partial charge in [-0.15, -0.1) is 0 Å². The van der Waals surface area contributed by atoms with E-state index in [4.69, 9.17) is 5.11 Å². The van der Waals surface area contributed by atoms with E-state index >= 15 is 0 Å². The molecule has 19 heavy (non-hydrogen) atoms. The zero-order chi connectivity index (χ0) is 13.8. The highest BCUT2D eigenvalue weighted by molar-refractivity contribution is 5.78. The predicted octanol–water partition coefficient (Wildman–Crippen LogP) is 2.67. The summed E-state index contributed by atoms with van der Waals surface area (Å²) in [6.07, 6.45) is 8.83. The first-order valence-electron chi connectivity index (χ1n) is 7.60. The summed E-state index contributed by atoms with van der Waals surface area (Å²) in [7, 11) is 0. The zero-order valence-corrected chi connectivity index (χ0v) is 11.8. The van der Waals surface area contributed by atoms with Crippen molar-refractivity contribution in [1.29, 1.82) is 0 Å². The molecule has 2 fully saturated rings. The first-order valence-corrected chi connectivity index (χ1v) is 7.60. The van der Waals surface area contributed by atoms with E-state index in [2.05, 4.69) is 0 Å². The minimum atomic E-state index is -0.809. The molecular weight excluding hydrogens is 242 g/mol. The minimum absolute atomic E-state index is 0.183. The molecule has 0 saturated heterocycles. The average molecular weight is 267 g/mol. The Kier molecular flexibility index (Phi) is 4.83. The van der Waals surface area contributed by atoms with Gasteiger partial charge in [-0.25, -0.2) is 0 Å². The standard InChI is InChI=1S/C15H25NO3/c1-11(15(18)19)10-16(13-7-8-13)14(17)9-12-5-3-2-4-6-12/h11-13H,2-10H2,1H3,(H,18,19). The molecule has 0 bridgehead atoms. The second-order valence-electron chi connectivity index (χ2n) is 6.22. The number of aliphatic carboxylic acids is 1. The van der Waals surface area contributed by atoms with Crippen LogP contribution in [0.15, 0.2) is 0 Å². The highest BCUT2D eigenvalue weighted by atomic mass is 16.4. The molecule has 2 aliphatic carbocycles. The third-order valence-corrected chi connectivity index (χ3v) is 4.39. The summed E-state index contributed by atoms with van der Waals surface area (Å²) >= 11 is 0. The number of carbonyl (C=O) groups is 2. The fourth-order valence-corrected chi connectivity index (χ4v) is 2.97. The van der Waals surface area contributed by atoms with Gasteiger partial charge in [0.25, 0.3) is 0 Å². The molecular formula is C15H25NO3. The van der Waals surface area contributed by atoms with E-state index in [0.717, 1.165) is 12.8 Å². The predicted molar refractivity (Wildman–Crippen MR) is 72.7 cm³/mol. The van der Waals surface area contributed by atoms with Crippen molar-refractivity contribution < 1.29 is 14.7 Å². The molecule has 0 aromatic carbocycles. The van der Waals surface area contributed by atoms with Crippen molar-refractivity contribution in [2.24, 2.45) is 11.8 Å². The van der Waals surface area contributed by atoms with E-state index in [0.29, 0.717) is 24.9 Å². The molecule has 0 aromatic rings. The normalized spacial score (nSPS) is 21.9. The van der Waals surface area contributed by atoms with Gasteiger partial charge < -0.3 is 10.0 Å². The molecule has 0 radical (unpaired) electrons. The first-order chi connectivity index (χ1) is 9.08. The van der Waals surface area contributed by atoms with Gasteiger partial charge in [0.15, 0.2) is 0 Å². The maximum atomic E-state index is 12.4. The van der Waals surface area contributed by atoms with Crippen LogP contribution < -0.4 is 0 Å². The van der Waals surface area contributed by atoms with Gasteiger partial charge in [0.05, 0.1) is 5.92 Å². The molecule has 4 nitrogen and oxygen atoms in total. The second-order valence-corrected chi connectivity index (χ2v) is 6.22. The molecule has 0 spiro atoms. The summed E-state index contributed by atoms with van der Waals surface area (Å²) in [5.74, 6) is -0.558. The van der Waals surface area contributed by atoms with E-state index in [-0.39, 0.29) is 5.91 Å². The molecule has 0 aliphatic heterocycles. The molecule has 2 aliphatic rings. The summed E-state index contributed by atoms with van der Waals surface area (Å²) in [5.41, 5.74) is 0. The van der Waals surface area contributed by atoms with Crippen LogP contribution in [0, 0.1) is 11.8 Å². The lowest BCUT2D eigenvalue weighted by Crippen LogP contribution is -2.39. The lowest BCUT2D eigenvalue weighted by atomic mass is 9.86. The van der Waals surface area contributed by atoms with Gasteiger partial charge in [-0.3, -0.25) is 9.59 Å². The molecule has 1 atom stereocenters. The number of hydrogen-bond acceptors (Lipinski definition) is 2. The van der Waals surface area contributed by atoms with E-state index in [1.165, 1.54) is 32.1 Å². The number of carboxylic acid groups (broad SMARTS) is 1. The minimum Gasteiger partial charge on any atom is -0.481 e. The monoisotopic (exact) mass is 267 g/mol. The van der Waals surface area contributed by atoms with Crippen LogP contribution in [0.4, 0.5) is 0 Å². The van der Waals surface area contributed by atoms with Crippen LogP contribution in [0.3, 0.4) is 0 Å². The Hall–Kier alpha value is -1.06. The topological polar surface area (TPSA) is 57.6 Å². The fourth-order valence-electron chi connectivity index (χ4n) is 2.97. The van der Waals surface area contributed by atoms with Crippen LogP contribution >= 0.6 is 0 Å². The Labute approximate surface area is 115 Å². The van der Waals surface area contributed by atoms with Crippen LogP contribution in [0.1, 0.15) is 58.3 Å². The number of carboxylic acids is 1. The average Bonchev–Trinajstić information content (AvgIpc) is 3.20. The number of amides is 1. The van der Waals surface area contributed by atoms with Crippen molar-refractivity contribution in [3.05, 3.63) is 0 Å².